The second-order valence-electron chi connectivity index (χ2n) is 11.1. The standard InChI is InChI=1S/C32H37F5O4/c1-2-3-22-4-6-23(7-5-22)8-9-24-10-12-25(13-11-24)30(38)39-27-16-14-26(15-17-27)31(33,34)40-28-18-20-29(21-19-28)41-32(35,36)37/h8-9,14-25H,2-7,10-13H2,1H3/b9-8+. The highest BCUT2D eigenvalue weighted by atomic mass is 19.4. The van der Waals surface area contributed by atoms with Gasteiger partial charge in [0.1, 0.15) is 17.2 Å². The number of carbonyl (C=O) groups excluding carboxylic acids is 1. The van der Waals surface area contributed by atoms with Crippen molar-refractivity contribution >= 4 is 5.97 Å². The van der Waals surface area contributed by atoms with Crippen LogP contribution < -0.4 is 14.2 Å². The van der Waals surface area contributed by atoms with E-state index in [0.29, 0.717) is 11.8 Å². The highest BCUT2D eigenvalue weighted by Crippen LogP contribution is 2.36. The predicted molar refractivity (Wildman–Crippen MR) is 145 cm³/mol. The molecule has 0 heterocycles. The molecule has 0 aromatic heterocycles. The molecule has 0 saturated heterocycles. The Hall–Kier alpha value is -3.10. The van der Waals surface area contributed by atoms with Crippen LogP contribution in [0.1, 0.15) is 76.7 Å². The van der Waals surface area contributed by atoms with Gasteiger partial charge in [0.25, 0.3) is 0 Å². The van der Waals surface area contributed by atoms with E-state index in [4.69, 9.17) is 4.74 Å². The van der Waals surface area contributed by atoms with Crippen molar-refractivity contribution in [1.82, 2.24) is 0 Å². The Balaban J connectivity index is 1.22. The summed E-state index contributed by atoms with van der Waals surface area (Å²) in [4.78, 5) is 12.7. The van der Waals surface area contributed by atoms with Crippen LogP contribution in [-0.2, 0) is 10.9 Å². The van der Waals surface area contributed by atoms with E-state index >= 15 is 0 Å². The monoisotopic (exact) mass is 580 g/mol. The van der Waals surface area contributed by atoms with E-state index in [2.05, 4.69) is 28.5 Å². The number of halogens is 5. The maximum Gasteiger partial charge on any atom is 0.573 e. The van der Waals surface area contributed by atoms with E-state index in [1.807, 2.05) is 0 Å². The number of hydrogen-bond acceptors (Lipinski definition) is 4. The van der Waals surface area contributed by atoms with Crippen LogP contribution in [0, 0.1) is 23.7 Å². The zero-order valence-electron chi connectivity index (χ0n) is 23.2. The number of esters is 1. The third kappa shape index (κ3) is 9.47. The smallest absolute Gasteiger partial charge is 0.429 e. The van der Waals surface area contributed by atoms with Gasteiger partial charge >= 0.3 is 18.4 Å². The van der Waals surface area contributed by atoms with Gasteiger partial charge in [0.15, 0.2) is 0 Å². The van der Waals surface area contributed by atoms with E-state index in [0.717, 1.165) is 68.0 Å². The van der Waals surface area contributed by atoms with Gasteiger partial charge < -0.3 is 14.2 Å². The molecule has 0 bridgehead atoms. The predicted octanol–water partition coefficient (Wildman–Crippen LogP) is 9.59. The van der Waals surface area contributed by atoms with Crippen LogP contribution in [0.25, 0.3) is 0 Å². The molecule has 4 nitrogen and oxygen atoms in total. The minimum atomic E-state index is -4.89. The fraction of sp³-hybridized carbons (Fsp3) is 0.531. The lowest BCUT2D eigenvalue weighted by Crippen LogP contribution is -2.25. The van der Waals surface area contributed by atoms with Crippen LogP contribution >= 0.6 is 0 Å². The summed E-state index contributed by atoms with van der Waals surface area (Å²) < 4.78 is 79.9. The molecule has 2 fully saturated rings. The quantitative estimate of drug-likeness (QED) is 0.122. The summed E-state index contributed by atoms with van der Waals surface area (Å²) in [5.74, 6) is 0.713. The Morgan fingerprint density at radius 3 is 1.73 bits per heavy atom. The van der Waals surface area contributed by atoms with Crippen molar-refractivity contribution < 1.29 is 41.0 Å². The molecule has 0 atom stereocenters. The number of allylic oxidation sites excluding steroid dienone is 2. The summed E-state index contributed by atoms with van der Waals surface area (Å²) in [6, 6.07) is 8.38. The molecule has 9 heteroatoms. The lowest BCUT2D eigenvalue weighted by atomic mass is 9.78. The average Bonchev–Trinajstić information content (AvgIpc) is 2.93. The first-order valence-electron chi connectivity index (χ1n) is 14.4. The number of ether oxygens (including phenoxy) is 3. The van der Waals surface area contributed by atoms with Crippen molar-refractivity contribution in [2.24, 2.45) is 23.7 Å². The first-order chi connectivity index (χ1) is 19.5. The van der Waals surface area contributed by atoms with Gasteiger partial charge in [-0.05, 0) is 118 Å². The fourth-order valence-corrected chi connectivity index (χ4v) is 5.77. The number of benzene rings is 2. The molecule has 224 valence electrons. The molecule has 2 aliphatic carbocycles. The van der Waals surface area contributed by atoms with Gasteiger partial charge in [0.2, 0.25) is 0 Å². The van der Waals surface area contributed by atoms with Crippen LogP contribution in [0.2, 0.25) is 0 Å². The molecule has 0 radical (unpaired) electrons. The van der Waals surface area contributed by atoms with Gasteiger partial charge in [0, 0.05) is 0 Å². The molecule has 2 aromatic carbocycles. The van der Waals surface area contributed by atoms with Gasteiger partial charge in [0.05, 0.1) is 11.5 Å². The minimum Gasteiger partial charge on any atom is -0.429 e. The minimum absolute atomic E-state index is 0.156. The molecule has 4 rings (SSSR count). The van der Waals surface area contributed by atoms with Crippen LogP contribution in [0.15, 0.2) is 60.7 Å². The Bertz CT molecular complexity index is 1130. The molecule has 0 N–H and O–H groups in total. The number of rotatable bonds is 10. The Kier molecular flexibility index (Phi) is 10.3. The summed E-state index contributed by atoms with van der Waals surface area (Å²) >= 11 is 0. The maximum absolute atomic E-state index is 14.6. The molecule has 0 amide bonds. The summed E-state index contributed by atoms with van der Waals surface area (Å²) in [5, 5.41) is 0. The van der Waals surface area contributed by atoms with Gasteiger partial charge in [-0.1, -0.05) is 31.9 Å². The van der Waals surface area contributed by atoms with E-state index < -0.39 is 23.8 Å². The second kappa shape index (κ2) is 13.7. The van der Waals surface area contributed by atoms with Crippen molar-refractivity contribution in [3.8, 4) is 17.2 Å². The molecular weight excluding hydrogens is 543 g/mol. The summed E-state index contributed by atoms with van der Waals surface area (Å²) in [5.41, 5.74) is -0.501. The fourth-order valence-electron chi connectivity index (χ4n) is 5.77. The first-order valence-corrected chi connectivity index (χ1v) is 14.4. The Morgan fingerprint density at radius 2 is 1.22 bits per heavy atom. The molecule has 2 aliphatic rings. The number of alkyl halides is 5. The van der Waals surface area contributed by atoms with E-state index in [1.165, 1.54) is 50.7 Å². The molecular formula is C32H37F5O4. The van der Waals surface area contributed by atoms with Crippen LogP contribution in [-0.4, -0.2) is 12.3 Å². The van der Waals surface area contributed by atoms with Crippen molar-refractivity contribution in [2.45, 2.75) is 83.6 Å². The lowest BCUT2D eigenvalue weighted by Gasteiger charge is -2.28. The van der Waals surface area contributed by atoms with Crippen molar-refractivity contribution in [3.05, 3.63) is 66.2 Å². The third-order valence-electron chi connectivity index (χ3n) is 8.06. The molecule has 0 aliphatic heterocycles. The Morgan fingerprint density at radius 1 is 0.732 bits per heavy atom. The Labute approximate surface area is 237 Å². The summed E-state index contributed by atoms with van der Waals surface area (Å²) in [6.07, 6.45) is 7.19. The number of hydrogen-bond donors (Lipinski definition) is 0. The number of carbonyl (C=O) groups is 1. The topological polar surface area (TPSA) is 44.8 Å². The second-order valence-corrected chi connectivity index (χ2v) is 11.1. The summed E-state index contributed by atoms with van der Waals surface area (Å²) in [7, 11) is 0. The van der Waals surface area contributed by atoms with Crippen LogP contribution in [0.5, 0.6) is 17.2 Å². The maximum atomic E-state index is 14.6. The summed E-state index contributed by atoms with van der Waals surface area (Å²) in [6.45, 7) is 2.25. The van der Waals surface area contributed by atoms with Gasteiger partial charge in [-0.15, -0.1) is 13.2 Å². The van der Waals surface area contributed by atoms with E-state index in [1.54, 1.807) is 0 Å². The highest BCUT2D eigenvalue weighted by molar-refractivity contribution is 5.75. The van der Waals surface area contributed by atoms with Gasteiger partial charge in [-0.25, -0.2) is 0 Å². The highest BCUT2D eigenvalue weighted by Gasteiger charge is 2.35. The average molecular weight is 581 g/mol. The molecule has 0 unspecified atom stereocenters. The van der Waals surface area contributed by atoms with E-state index in [9.17, 15) is 26.7 Å². The van der Waals surface area contributed by atoms with Gasteiger partial charge in [-0.2, -0.15) is 8.78 Å². The van der Waals surface area contributed by atoms with Crippen LogP contribution in [0.4, 0.5) is 22.0 Å². The first kappa shape index (κ1) is 30.8. The third-order valence-corrected chi connectivity index (χ3v) is 8.06. The largest absolute Gasteiger partial charge is 0.573 e. The normalized spacial score (nSPS) is 23.8. The zero-order valence-corrected chi connectivity index (χ0v) is 23.2. The van der Waals surface area contributed by atoms with Crippen LogP contribution in [0.3, 0.4) is 0 Å². The molecule has 0 spiro atoms. The van der Waals surface area contributed by atoms with Crippen molar-refractivity contribution in [2.75, 3.05) is 0 Å². The van der Waals surface area contributed by atoms with Crippen molar-refractivity contribution in [3.63, 3.8) is 0 Å². The van der Waals surface area contributed by atoms with E-state index in [-0.39, 0.29) is 23.4 Å². The molecule has 2 saturated carbocycles. The molecule has 2 aromatic rings. The molecule has 41 heavy (non-hydrogen) atoms. The SMILES string of the molecule is CCCC1CCC(/C=C/C2CCC(C(=O)Oc3ccc(C(F)(F)Oc4ccc(OC(F)(F)F)cc4)cc3)CC2)CC1. The zero-order chi connectivity index (χ0) is 29.5. The van der Waals surface area contributed by atoms with Gasteiger partial charge in [-0.3, -0.25) is 4.79 Å². The lowest BCUT2D eigenvalue weighted by molar-refractivity contribution is -0.274. The van der Waals surface area contributed by atoms with Crippen molar-refractivity contribution in [1.29, 1.82) is 0 Å².